The number of hydrogen-bond donors (Lipinski definition) is 1. The summed E-state index contributed by atoms with van der Waals surface area (Å²) in [5.41, 5.74) is -0.00580. The lowest BCUT2D eigenvalue weighted by molar-refractivity contribution is 0.471. The van der Waals surface area contributed by atoms with Crippen LogP contribution in [-0.2, 0) is 0 Å². The van der Waals surface area contributed by atoms with E-state index < -0.39 is 22.3 Å². The Hall–Kier alpha value is -1.62. The fourth-order valence-corrected chi connectivity index (χ4v) is 2.04. The maximum atomic E-state index is 13.8. The molecular formula is C12H5F3OS. The van der Waals surface area contributed by atoms with Crippen LogP contribution in [-0.4, -0.2) is 0 Å². The van der Waals surface area contributed by atoms with Crippen LogP contribution in [0.1, 0.15) is 0 Å². The molecule has 1 aromatic heterocycles. The molecule has 0 radical (unpaired) electrons. The first kappa shape index (κ1) is 10.5. The minimum absolute atomic E-state index is 0.187. The molecule has 2 aromatic carbocycles. The summed E-state index contributed by atoms with van der Waals surface area (Å²) in [6.45, 7) is 0. The van der Waals surface area contributed by atoms with Crippen molar-refractivity contribution in [1.82, 2.24) is 0 Å². The van der Waals surface area contributed by atoms with E-state index in [4.69, 9.17) is 4.42 Å². The monoisotopic (exact) mass is 254 g/mol. The summed E-state index contributed by atoms with van der Waals surface area (Å²) in [7, 11) is 0. The second-order valence-electron chi connectivity index (χ2n) is 3.59. The third kappa shape index (κ3) is 1.29. The van der Waals surface area contributed by atoms with Crippen molar-refractivity contribution in [1.29, 1.82) is 0 Å². The van der Waals surface area contributed by atoms with Crippen LogP contribution in [0.2, 0.25) is 0 Å². The van der Waals surface area contributed by atoms with Crippen LogP contribution in [0.3, 0.4) is 0 Å². The first-order valence-corrected chi connectivity index (χ1v) is 5.22. The summed E-state index contributed by atoms with van der Waals surface area (Å²) in [5.74, 6) is -3.43. The van der Waals surface area contributed by atoms with Crippen molar-refractivity contribution in [3.8, 4) is 0 Å². The first-order chi connectivity index (χ1) is 8.11. The van der Waals surface area contributed by atoms with Gasteiger partial charge in [-0.25, -0.2) is 13.2 Å². The van der Waals surface area contributed by atoms with Gasteiger partial charge < -0.3 is 4.42 Å². The Morgan fingerprint density at radius 3 is 2.41 bits per heavy atom. The molecule has 0 spiro atoms. The van der Waals surface area contributed by atoms with Crippen LogP contribution in [0.15, 0.2) is 33.6 Å². The minimum atomic E-state index is -1.30. The van der Waals surface area contributed by atoms with Crippen molar-refractivity contribution in [2.75, 3.05) is 0 Å². The molecule has 0 atom stereocenters. The van der Waals surface area contributed by atoms with Gasteiger partial charge in [0.15, 0.2) is 23.0 Å². The van der Waals surface area contributed by atoms with Crippen LogP contribution in [0.5, 0.6) is 0 Å². The van der Waals surface area contributed by atoms with Gasteiger partial charge in [-0.05, 0) is 6.07 Å². The number of para-hydroxylation sites is 1. The summed E-state index contributed by atoms with van der Waals surface area (Å²) in [5, 5.41) is 0.152. The Kier molecular flexibility index (Phi) is 2.13. The number of furan rings is 1. The highest BCUT2D eigenvalue weighted by atomic mass is 32.1. The van der Waals surface area contributed by atoms with Crippen LogP contribution in [0.25, 0.3) is 21.9 Å². The van der Waals surface area contributed by atoms with E-state index in [0.29, 0.717) is 11.0 Å². The molecule has 5 heteroatoms. The fraction of sp³-hybridized carbons (Fsp3) is 0. The van der Waals surface area contributed by atoms with Gasteiger partial charge in [0.05, 0.1) is 10.3 Å². The van der Waals surface area contributed by atoms with Gasteiger partial charge in [0, 0.05) is 5.39 Å². The molecule has 0 bridgehead atoms. The van der Waals surface area contributed by atoms with Gasteiger partial charge in [-0.1, -0.05) is 18.2 Å². The zero-order chi connectivity index (χ0) is 12.2. The maximum Gasteiger partial charge on any atom is 0.182 e. The molecule has 17 heavy (non-hydrogen) atoms. The van der Waals surface area contributed by atoms with Gasteiger partial charge in [0.2, 0.25) is 0 Å². The number of thiol groups is 1. The molecule has 3 rings (SSSR count). The Bertz CT molecular complexity index is 748. The van der Waals surface area contributed by atoms with E-state index in [1.165, 1.54) is 0 Å². The van der Waals surface area contributed by atoms with Crippen molar-refractivity contribution in [3.63, 3.8) is 0 Å². The number of fused-ring (bicyclic) bond motifs is 3. The topological polar surface area (TPSA) is 13.1 Å². The SMILES string of the molecule is Fc1c(S)c(F)c2oc3ccccc3c2c1F. The largest absolute Gasteiger partial charge is 0.453 e. The van der Waals surface area contributed by atoms with Gasteiger partial charge in [0.25, 0.3) is 0 Å². The number of hydrogen-bond acceptors (Lipinski definition) is 2. The normalized spacial score (nSPS) is 11.5. The van der Waals surface area contributed by atoms with E-state index >= 15 is 0 Å². The lowest BCUT2D eigenvalue weighted by atomic mass is 10.1. The molecule has 0 aliphatic heterocycles. The minimum Gasteiger partial charge on any atom is -0.453 e. The summed E-state index contributed by atoms with van der Waals surface area (Å²) in [6, 6.07) is 6.41. The molecule has 1 nitrogen and oxygen atoms in total. The van der Waals surface area contributed by atoms with Crippen LogP contribution in [0, 0.1) is 17.5 Å². The smallest absolute Gasteiger partial charge is 0.182 e. The molecule has 0 saturated carbocycles. The first-order valence-electron chi connectivity index (χ1n) is 4.78. The molecule has 0 amide bonds. The van der Waals surface area contributed by atoms with Crippen molar-refractivity contribution < 1.29 is 17.6 Å². The zero-order valence-electron chi connectivity index (χ0n) is 8.30. The van der Waals surface area contributed by atoms with Gasteiger partial charge in [-0.2, -0.15) is 0 Å². The second-order valence-corrected chi connectivity index (χ2v) is 4.04. The van der Waals surface area contributed by atoms with E-state index in [0.717, 1.165) is 0 Å². The molecule has 0 unspecified atom stereocenters. The number of halogens is 3. The Labute approximate surface area is 99.2 Å². The van der Waals surface area contributed by atoms with E-state index in [1.807, 2.05) is 0 Å². The van der Waals surface area contributed by atoms with E-state index in [-0.39, 0.29) is 11.0 Å². The molecule has 1 heterocycles. The molecule has 0 aliphatic rings. The third-order valence-electron chi connectivity index (χ3n) is 2.62. The highest BCUT2D eigenvalue weighted by Gasteiger charge is 2.23. The number of rotatable bonds is 0. The van der Waals surface area contributed by atoms with Gasteiger partial charge in [-0.3, -0.25) is 0 Å². The molecule has 0 saturated heterocycles. The predicted molar refractivity (Wildman–Crippen MR) is 60.8 cm³/mol. The quantitative estimate of drug-likeness (QED) is 0.466. The summed E-state index contributed by atoms with van der Waals surface area (Å²) in [6.07, 6.45) is 0. The highest BCUT2D eigenvalue weighted by molar-refractivity contribution is 7.80. The standard InChI is InChI=1S/C12H5F3OS/c13-8-7-5-3-1-2-4-6(5)16-11(7)10(15)12(17)9(8)14/h1-4,17H. The van der Waals surface area contributed by atoms with E-state index in [1.54, 1.807) is 24.3 Å². The van der Waals surface area contributed by atoms with Gasteiger partial charge in [-0.15, -0.1) is 12.6 Å². The summed E-state index contributed by atoms with van der Waals surface area (Å²) < 4.78 is 46.0. The fourth-order valence-electron chi connectivity index (χ4n) is 1.84. The van der Waals surface area contributed by atoms with E-state index in [2.05, 4.69) is 12.6 Å². The Morgan fingerprint density at radius 2 is 1.65 bits per heavy atom. The van der Waals surface area contributed by atoms with Crippen molar-refractivity contribution in [3.05, 3.63) is 41.7 Å². The molecule has 0 fully saturated rings. The Morgan fingerprint density at radius 1 is 0.941 bits per heavy atom. The second kappa shape index (κ2) is 3.43. The van der Waals surface area contributed by atoms with Crippen molar-refractivity contribution in [2.45, 2.75) is 4.90 Å². The molecule has 86 valence electrons. The summed E-state index contributed by atoms with van der Waals surface area (Å²) in [4.78, 5) is -0.672. The van der Waals surface area contributed by atoms with Gasteiger partial charge in [0.1, 0.15) is 5.58 Å². The molecular weight excluding hydrogens is 249 g/mol. The molecule has 0 aliphatic carbocycles. The molecule has 0 N–H and O–H groups in total. The lowest BCUT2D eigenvalue weighted by Crippen LogP contribution is -1.92. The number of benzene rings is 2. The van der Waals surface area contributed by atoms with Gasteiger partial charge >= 0.3 is 0 Å². The van der Waals surface area contributed by atoms with E-state index in [9.17, 15) is 13.2 Å². The van der Waals surface area contributed by atoms with Crippen molar-refractivity contribution >= 4 is 34.6 Å². The Balaban J connectivity index is 2.67. The van der Waals surface area contributed by atoms with Crippen LogP contribution in [0.4, 0.5) is 13.2 Å². The predicted octanol–water partition coefficient (Wildman–Crippen LogP) is 4.29. The van der Waals surface area contributed by atoms with Crippen molar-refractivity contribution in [2.24, 2.45) is 0 Å². The maximum absolute atomic E-state index is 13.8. The average Bonchev–Trinajstić information content (AvgIpc) is 2.73. The zero-order valence-corrected chi connectivity index (χ0v) is 9.19. The van der Waals surface area contributed by atoms with Crippen LogP contribution < -0.4 is 0 Å². The summed E-state index contributed by atoms with van der Waals surface area (Å²) >= 11 is 3.59. The third-order valence-corrected chi connectivity index (χ3v) is 3.02. The van der Waals surface area contributed by atoms with Crippen LogP contribution >= 0.6 is 12.6 Å². The average molecular weight is 254 g/mol. The lowest BCUT2D eigenvalue weighted by Gasteiger charge is -2.00. The highest BCUT2D eigenvalue weighted by Crippen LogP contribution is 2.36. The molecule has 3 aromatic rings.